The van der Waals surface area contributed by atoms with E-state index in [1.54, 1.807) is 0 Å². The highest BCUT2D eigenvalue weighted by Crippen LogP contribution is 2.22. The van der Waals surface area contributed by atoms with E-state index in [-0.39, 0.29) is 23.7 Å². The third kappa shape index (κ3) is 5.41. The fourth-order valence-corrected chi connectivity index (χ4v) is 3.74. The van der Waals surface area contributed by atoms with Gasteiger partial charge in [-0.25, -0.2) is 0 Å². The van der Waals surface area contributed by atoms with Crippen LogP contribution < -0.4 is 5.32 Å². The van der Waals surface area contributed by atoms with Gasteiger partial charge in [0.1, 0.15) is 0 Å². The second-order valence-electron chi connectivity index (χ2n) is 7.12. The molecule has 3 rings (SSSR count). The van der Waals surface area contributed by atoms with Crippen LogP contribution in [0.25, 0.3) is 0 Å². The van der Waals surface area contributed by atoms with Gasteiger partial charge < -0.3 is 5.32 Å². The highest BCUT2D eigenvalue weighted by atomic mass is 35.5. The monoisotopic (exact) mass is 384 g/mol. The second kappa shape index (κ2) is 9.16. The number of nitrogens with one attached hydrogen (secondary N) is 1. The lowest BCUT2D eigenvalue weighted by atomic mass is 9.89. The summed E-state index contributed by atoms with van der Waals surface area (Å²) in [6.45, 7) is 3.84. The maximum absolute atomic E-state index is 12.5. The predicted octanol–water partition coefficient (Wildman–Crippen LogP) is 4.11. The van der Waals surface area contributed by atoms with Crippen LogP contribution in [0, 0.1) is 5.92 Å². The molecule has 0 bridgehead atoms. The Morgan fingerprint density at radius 3 is 2.48 bits per heavy atom. The SMILES string of the molecule is CC(NC(=O)CN1CCC(C(=O)c2ccccc2)CC1)c1cccc(Cl)c1. The Hall–Kier alpha value is -2.17. The Morgan fingerprint density at radius 1 is 1.11 bits per heavy atom. The van der Waals surface area contributed by atoms with Crippen LogP contribution in [0.2, 0.25) is 5.02 Å². The van der Waals surface area contributed by atoms with Crippen molar-refractivity contribution in [1.29, 1.82) is 0 Å². The maximum Gasteiger partial charge on any atom is 0.234 e. The van der Waals surface area contributed by atoms with Gasteiger partial charge in [-0.05, 0) is 50.6 Å². The molecule has 0 aromatic heterocycles. The van der Waals surface area contributed by atoms with Crippen LogP contribution >= 0.6 is 11.6 Å². The molecular weight excluding hydrogens is 360 g/mol. The zero-order valence-electron chi connectivity index (χ0n) is 15.5. The summed E-state index contributed by atoms with van der Waals surface area (Å²) in [5.74, 6) is 0.265. The number of amides is 1. The number of Topliss-reactive ketones (excluding diaryl/α,β-unsaturated/α-hetero) is 1. The fourth-order valence-electron chi connectivity index (χ4n) is 3.54. The highest BCUT2D eigenvalue weighted by molar-refractivity contribution is 6.30. The number of piperidine rings is 1. The summed E-state index contributed by atoms with van der Waals surface area (Å²) in [6.07, 6.45) is 1.59. The normalized spacial score (nSPS) is 16.7. The Bertz CT molecular complexity index is 786. The van der Waals surface area contributed by atoms with Crippen LogP contribution in [-0.4, -0.2) is 36.2 Å². The Morgan fingerprint density at radius 2 is 1.81 bits per heavy atom. The molecule has 0 saturated carbocycles. The average molecular weight is 385 g/mol. The van der Waals surface area contributed by atoms with Crippen molar-refractivity contribution in [2.45, 2.75) is 25.8 Å². The molecule has 1 atom stereocenters. The highest BCUT2D eigenvalue weighted by Gasteiger charge is 2.26. The molecule has 27 heavy (non-hydrogen) atoms. The van der Waals surface area contributed by atoms with E-state index in [1.165, 1.54) is 0 Å². The Balaban J connectivity index is 1.46. The number of hydrogen-bond donors (Lipinski definition) is 1. The molecule has 1 N–H and O–H groups in total. The van der Waals surface area contributed by atoms with Crippen molar-refractivity contribution in [2.75, 3.05) is 19.6 Å². The topological polar surface area (TPSA) is 49.4 Å². The zero-order chi connectivity index (χ0) is 19.2. The van der Waals surface area contributed by atoms with Crippen LogP contribution in [0.1, 0.15) is 41.7 Å². The standard InChI is InChI=1S/C22H25ClN2O2/c1-16(19-8-5-9-20(23)14-19)24-21(26)15-25-12-10-18(11-13-25)22(27)17-6-3-2-4-7-17/h2-9,14,16,18H,10-13,15H2,1H3,(H,24,26). The molecule has 0 aliphatic carbocycles. The van der Waals surface area contributed by atoms with E-state index in [0.717, 1.165) is 37.1 Å². The molecule has 2 aromatic rings. The summed E-state index contributed by atoms with van der Waals surface area (Å²) >= 11 is 6.02. The first-order chi connectivity index (χ1) is 13.0. The quantitative estimate of drug-likeness (QED) is 0.762. The minimum Gasteiger partial charge on any atom is -0.348 e. The van der Waals surface area contributed by atoms with E-state index in [0.29, 0.717) is 11.6 Å². The van der Waals surface area contributed by atoms with Crippen LogP contribution in [0.3, 0.4) is 0 Å². The number of nitrogens with zero attached hydrogens (tertiary/aromatic N) is 1. The van der Waals surface area contributed by atoms with Crippen molar-refractivity contribution in [3.63, 3.8) is 0 Å². The number of benzene rings is 2. The number of hydrogen-bond acceptors (Lipinski definition) is 3. The van der Waals surface area contributed by atoms with E-state index >= 15 is 0 Å². The summed E-state index contributed by atoms with van der Waals surface area (Å²) < 4.78 is 0. The van der Waals surface area contributed by atoms with Crippen molar-refractivity contribution in [2.24, 2.45) is 5.92 Å². The maximum atomic E-state index is 12.5. The predicted molar refractivity (Wildman–Crippen MR) is 108 cm³/mol. The number of carbonyl (C=O) groups is 2. The fraction of sp³-hybridized carbons (Fsp3) is 0.364. The molecule has 1 aliphatic heterocycles. The zero-order valence-corrected chi connectivity index (χ0v) is 16.3. The molecular formula is C22H25ClN2O2. The van der Waals surface area contributed by atoms with Gasteiger partial charge in [0, 0.05) is 16.5 Å². The van der Waals surface area contributed by atoms with Gasteiger partial charge in [-0.2, -0.15) is 0 Å². The van der Waals surface area contributed by atoms with E-state index in [9.17, 15) is 9.59 Å². The smallest absolute Gasteiger partial charge is 0.234 e. The van der Waals surface area contributed by atoms with Crippen LogP contribution in [0.15, 0.2) is 54.6 Å². The first-order valence-corrected chi connectivity index (χ1v) is 9.77. The van der Waals surface area contributed by atoms with Gasteiger partial charge in [0.2, 0.25) is 5.91 Å². The molecule has 1 amide bonds. The van der Waals surface area contributed by atoms with Crippen LogP contribution in [0.5, 0.6) is 0 Å². The minimum absolute atomic E-state index is 0.00434. The van der Waals surface area contributed by atoms with Gasteiger partial charge in [-0.3, -0.25) is 14.5 Å². The molecule has 1 unspecified atom stereocenters. The molecule has 1 aliphatic rings. The summed E-state index contributed by atoms with van der Waals surface area (Å²) in [5, 5.41) is 3.69. The lowest BCUT2D eigenvalue weighted by molar-refractivity contribution is -0.123. The van der Waals surface area contributed by atoms with Crippen molar-refractivity contribution >= 4 is 23.3 Å². The summed E-state index contributed by atoms with van der Waals surface area (Å²) in [6, 6.07) is 16.9. The summed E-state index contributed by atoms with van der Waals surface area (Å²) in [5.41, 5.74) is 1.77. The molecule has 142 valence electrons. The van der Waals surface area contributed by atoms with Gasteiger partial charge in [0.25, 0.3) is 0 Å². The molecule has 0 radical (unpaired) electrons. The second-order valence-corrected chi connectivity index (χ2v) is 7.56. The van der Waals surface area contributed by atoms with E-state index in [1.807, 2.05) is 61.5 Å². The third-order valence-corrected chi connectivity index (χ3v) is 5.35. The van der Waals surface area contributed by atoms with Gasteiger partial charge in [-0.1, -0.05) is 54.1 Å². The van der Waals surface area contributed by atoms with Gasteiger partial charge >= 0.3 is 0 Å². The molecule has 1 heterocycles. The molecule has 5 heteroatoms. The molecule has 0 spiro atoms. The molecule has 1 fully saturated rings. The third-order valence-electron chi connectivity index (χ3n) is 5.11. The van der Waals surface area contributed by atoms with Crippen molar-refractivity contribution in [1.82, 2.24) is 10.2 Å². The Labute approximate surface area is 165 Å². The number of likely N-dealkylation sites (tertiary alicyclic amines) is 1. The van der Waals surface area contributed by atoms with Crippen LogP contribution in [-0.2, 0) is 4.79 Å². The number of rotatable bonds is 6. The van der Waals surface area contributed by atoms with Gasteiger partial charge in [0.15, 0.2) is 5.78 Å². The van der Waals surface area contributed by atoms with Crippen LogP contribution in [0.4, 0.5) is 0 Å². The van der Waals surface area contributed by atoms with Crippen molar-refractivity contribution in [3.05, 3.63) is 70.7 Å². The lowest BCUT2D eigenvalue weighted by Crippen LogP contribution is -2.43. The number of carbonyl (C=O) groups excluding carboxylic acids is 2. The largest absolute Gasteiger partial charge is 0.348 e. The van der Waals surface area contributed by atoms with E-state index in [4.69, 9.17) is 11.6 Å². The Kier molecular flexibility index (Phi) is 6.64. The van der Waals surface area contributed by atoms with Crippen molar-refractivity contribution in [3.8, 4) is 0 Å². The number of halogens is 1. The average Bonchev–Trinajstić information content (AvgIpc) is 2.68. The summed E-state index contributed by atoms with van der Waals surface area (Å²) in [7, 11) is 0. The molecule has 4 nitrogen and oxygen atoms in total. The van der Waals surface area contributed by atoms with Gasteiger partial charge in [0.05, 0.1) is 12.6 Å². The first-order valence-electron chi connectivity index (χ1n) is 9.39. The number of ketones is 1. The molecule has 1 saturated heterocycles. The lowest BCUT2D eigenvalue weighted by Gasteiger charge is -2.31. The van der Waals surface area contributed by atoms with Crippen molar-refractivity contribution < 1.29 is 9.59 Å². The van der Waals surface area contributed by atoms with Gasteiger partial charge in [-0.15, -0.1) is 0 Å². The minimum atomic E-state index is -0.0894. The first kappa shape index (κ1) is 19.6. The van der Waals surface area contributed by atoms with E-state index < -0.39 is 0 Å². The summed E-state index contributed by atoms with van der Waals surface area (Å²) in [4.78, 5) is 27.0. The van der Waals surface area contributed by atoms with E-state index in [2.05, 4.69) is 10.2 Å². The molecule has 2 aromatic carbocycles.